The lowest BCUT2D eigenvalue weighted by Gasteiger charge is -2.56. The van der Waals surface area contributed by atoms with Crippen molar-refractivity contribution in [2.75, 3.05) is 13.3 Å². The standard InChI is InChI=1S/C22H31NO3/c1-15(2)11-21(24)26-14-25-17-7-6-16-12-20-18-5-3-4-8-22(18,9-10-23-20)19(16)13-17/h6-7,13,15,18,20,23H,3-5,8-12,14H2,1-2H3/t18-,20+,22+/m0/s1. The fourth-order valence-corrected chi connectivity index (χ4v) is 5.55. The molecular weight excluding hydrogens is 326 g/mol. The first kappa shape index (κ1) is 17.8. The largest absolute Gasteiger partial charge is 0.457 e. The van der Waals surface area contributed by atoms with Crippen LogP contribution in [0.25, 0.3) is 0 Å². The summed E-state index contributed by atoms with van der Waals surface area (Å²) in [4.78, 5) is 11.7. The molecule has 3 atom stereocenters. The molecule has 26 heavy (non-hydrogen) atoms. The van der Waals surface area contributed by atoms with E-state index in [4.69, 9.17) is 9.47 Å². The molecule has 2 aliphatic carbocycles. The first-order valence-corrected chi connectivity index (χ1v) is 10.2. The number of rotatable bonds is 5. The number of carbonyl (C=O) groups excluding carboxylic acids is 1. The molecule has 0 unspecified atom stereocenters. The maximum atomic E-state index is 11.7. The Balaban J connectivity index is 1.50. The molecule has 0 amide bonds. The van der Waals surface area contributed by atoms with Crippen molar-refractivity contribution in [2.45, 2.75) is 70.3 Å². The zero-order chi connectivity index (χ0) is 18.1. The Morgan fingerprint density at radius 3 is 3.04 bits per heavy atom. The molecule has 4 nitrogen and oxygen atoms in total. The number of fused-ring (bicyclic) bond motifs is 1. The molecule has 1 aromatic carbocycles. The van der Waals surface area contributed by atoms with Gasteiger partial charge in [-0.15, -0.1) is 0 Å². The third-order valence-corrected chi connectivity index (χ3v) is 6.64. The zero-order valence-corrected chi connectivity index (χ0v) is 16.1. The summed E-state index contributed by atoms with van der Waals surface area (Å²) in [6.45, 7) is 5.15. The predicted molar refractivity (Wildman–Crippen MR) is 101 cm³/mol. The van der Waals surface area contributed by atoms with Crippen molar-refractivity contribution in [3.05, 3.63) is 29.3 Å². The fraction of sp³-hybridized carbons (Fsp3) is 0.682. The summed E-state index contributed by atoms with van der Waals surface area (Å²) < 4.78 is 11.0. The molecule has 3 aliphatic rings. The molecule has 1 heterocycles. The van der Waals surface area contributed by atoms with Crippen molar-refractivity contribution in [1.82, 2.24) is 5.32 Å². The minimum atomic E-state index is -0.190. The van der Waals surface area contributed by atoms with Crippen LogP contribution in [0.2, 0.25) is 0 Å². The zero-order valence-electron chi connectivity index (χ0n) is 16.1. The molecule has 2 fully saturated rings. The van der Waals surface area contributed by atoms with Gasteiger partial charge < -0.3 is 14.8 Å². The third-order valence-electron chi connectivity index (χ3n) is 6.64. The van der Waals surface area contributed by atoms with Gasteiger partial charge in [-0.25, -0.2) is 0 Å². The van der Waals surface area contributed by atoms with E-state index in [1.54, 1.807) is 0 Å². The second-order valence-corrected chi connectivity index (χ2v) is 8.72. The van der Waals surface area contributed by atoms with Gasteiger partial charge in [0.2, 0.25) is 6.79 Å². The number of nitrogens with one attached hydrogen (secondary N) is 1. The van der Waals surface area contributed by atoms with Crippen LogP contribution in [-0.2, 0) is 21.4 Å². The summed E-state index contributed by atoms with van der Waals surface area (Å²) in [6.07, 6.45) is 8.14. The third kappa shape index (κ3) is 3.24. The first-order chi connectivity index (χ1) is 12.6. The molecule has 4 heteroatoms. The summed E-state index contributed by atoms with van der Waals surface area (Å²) in [5.74, 6) is 1.71. The lowest BCUT2D eigenvalue weighted by atomic mass is 9.53. The molecule has 0 aromatic heterocycles. The van der Waals surface area contributed by atoms with E-state index in [1.807, 2.05) is 19.9 Å². The quantitative estimate of drug-likeness (QED) is 0.640. The van der Waals surface area contributed by atoms with Gasteiger partial charge in [0.15, 0.2) is 0 Å². The van der Waals surface area contributed by atoms with Gasteiger partial charge in [0, 0.05) is 17.9 Å². The van der Waals surface area contributed by atoms with Crippen LogP contribution in [0.3, 0.4) is 0 Å². The van der Waals surface area contributed by atoms with Gasteiger partial charge in [-0.3, -0.25) is 4.79 Å². The van der Waals surface area contributed by atoms with Crippen LogP contribution in [0.1, 0.15) is 63.5 Å². The number of carbonyl (C=O) groups is 1. The van der Waals surface area contributed by atoms with Gasteiger partial charge in [0.1, 0.15) is 5.75 Å². The maximum absolute atomic E-state index is 11.7. The maximum Gasteiger partial charge on any atom is 0.308 e. The van der Waals surface area contributed by atoms with Crippen LogP contribution in [0.15, 0.2) is 18.2 Å². The summed E-state index contributed by atoms with van der Waals surface area (Å²) in [6, 6.07) is 7.14. The molecule has 142 valence electrons. The van der Waals surface area contributed by atoms with Crippen molar-refractivity contribution < 1.29 is 14.3 Å². The molecule has 4 rings (SSSR count). The van der Waals surface area contributed by atoms with Crippen LogP contribution in [0.4, 0.5) is 0 Å². The summed E-state index contributed by atoms with van der Waals surface area (Å²) in [7, 11) is 0. The lowest BCUT2D eigenvalue weighted by molar-refractivity contribution is -0.151. The van der Waals surface area contributed by atoms with Gasteiger partial charge in [-0.1, -0.05) is 32.8 Å². The highest BCUT2D eigenvalue weighted by molar-refractivity contribution is 5.69. The lowest BCUT2D eigenvalue weighted by Crippen LogP contribution is -2.59. The van der Waals surface area contributed by atoms with Crippen molar-refractivity contribution in [3.63, 3.8) is 0 Å². The monoisotopic (exact) mass is 357 g/mol. The van der Waals surface area contributed by atoms with Crippen molar-refractivity contribution in [1.29, 1.82) is 0 Å². The average Bonchev–Trinajstić information content (AvgIpc) is 2.61. The van der Waals surface area contributed by atoms with Crippen LogP contribution >= 0.6 is 0 Å². The minimum absolute atomic E-state index is 0.00491. The number of piperidine rings is 1. The number of hydrogen-bond donors (Lipinski definition) is 1. The van der Waals surface area contributed by atoms with E-state index in [2.05, 4.69) is 17.4 Å². The van der Waals surface area contributed by atoms with Gasteiger partial charge in [0.05, 0.1) is 0 Å². The Bertz CT molecular complexity index is 667. The molecule has 0 radical (unpaired) electrons. The summed E-state index contributed by atoms with van der Waals surface area (Å²) >= 11 is 0. The Labute approximate surface area is 156 Å². The van der Waals surface area contributed by atoms with Gasteiger partial charge >= 0.3 is 5.97 Å². The number of benzene rings is 1. The normalized spacial score (nSPS) is 29.7. The number of esters is 1. The van der Waals surface area contributed by atoms with E-state index in [1.165, 1.54) is 43.2 Å². The summed E-state index contributed by atoms with van der Waals surface area (Å²) in [5.41, 5.74) is 3.31. The molecule has 1 N–H and O–H groups in total. The molecule has 1 aromatic rings. The Hall–Kier alpha value is -1.55. The van der Waals surface area contributed by atoms with E-state index in [-0.39, 0.29) is 12.8 Å². The highest BCUT2D eigenvalue weighted by Gasteiger charge is 2.51. The Morgan fingerprint density at radius 2 is 2.19 bits per heavy atom. The van der Waals surface area contributed by atoms with Gasteiger partial charge in [0.25, 0.3) is 0 Å². The van der Waals surface area contributed by atoms with E-state index in [0.29, 0.717) is 23.8 Å². The fourth-order valence-electron chi connectivity index (χ4n) is 5.55. The molecule has 1 saturated heterocycles. The Kier molecular flexibility index (Phi) is 4.96. The Morgan fingerprint density at radius 1 is 1.31 bits per heavy atom. The van der Waals surface area contributed by atoms with Crippen LogP contribution in [0.5, 0.6) is 5.75 Å². The second kappa shape index (κ2) is 7.22. The first-order valence-electron chi connectivity index (χ1n) is 10.2. The molecular formula is C22H31NO3. The van der Waals surface area contributed by atoms with E-state index in [9.17, 15) is 4.79 Å². The molecule has 1 saturated carbocycles. The highest BCUT2D eigenvalue weighted by Crippen LogP contribution is 2.54. The van der Waals surface area contributed by atoms with E-state index in [0.717, 1.165) is 24.6 Å². The topological polar surface area (TPSA) is 47.6 Å². The van der Waals surface area contributed by atoms with Gasteiger partial charge in [-0.2, -0.15) is 0 Å². The second-order valence-electron chi connectivity index (χ2n) is 8.72. The van der Waals surface area contributed by atoms with E-state index < -0.39 is 0 Å². The molecule has 1 aliphatic heterocycles. The average molecular weight is 357 g/mol. The number of hydrogen-bond acceptors (Lipinski definition) is 4. The summed E-state index contributed by atoms with van der Waals surface area (Å²) in [5, 5.41) is 3.77. The van der Waals surface area contributed by atoms with Crippen LogP contribution < -0.4 is 10.1 Å². The highest BCUT2D eigenvalue weighted by atomic mass is 16.7. The predicted octanol–water partition coefficient (Wildman–Crippen LogP) is 3.96. The van der Waals surface area contributed by atoms with Crippen LogP contribution in [-0.4, -0.2) is 25.3 Å². The molecule has 0 spiro atoms. The SMILES string of the molecule is CC(C)CC(=O)OCOc1ccc2c(c1)[C@@]13CCCC[C@H]1[C@@H](C2)NCC3. The smallest absolute Gasteiger partial charge is 0.308 e. The number of ether oxygens (including phenoxy) is 2. The van der Waals surface area contributed by atoms with Gasteiger partial charge in [-0.05, 0) is 67.3 Å². The van der Waals surface area contributed by atoms with Crippen LogP contribution in [0, 0.1) is 11.8 Å². The van der Waals surface area contributed by atoms with Crippen molar-refractivity contribution in [2.24, 2.45) is 11.8 Å². The van der Waals surface area contributed by atoms with Crippen molar-refractivity contribution in [3.8, 4) is 5.75 Å². The van der Waals surface area contributed by atoms with E-state index >= 15 is 0 Å². The molecule has 2 bridgehead atoms. The van der Waals surface area contributed by atoms with Crippen molar-refractivity contribution >= 4 is 5.97 Å². The minimum Gasteiger partial charge on any atom is -0.457 e.